The van der Waals surface area contributed by atoms with E-state index in [0.29, 0.717) is 6.61 Å². The number of pyridine rings is 1. The fraction of sp³-hybridized carbons (Fsp3) is 0.267. The van der Waals surface area contributed by atoms with Crippen molar-refractivity contribution in [2.45, 2.75) is 19.4 Å². The van der Waals surface area contributed by atoms with Crippen LogP contribution in [0.3, 0.4) is 0 Å². The minimum absolute atomic E-state index is 0.0731. The van der Waals surface area contributed by atoms with E-state index in [-0.39, 0.29) is 6.10 Å². The highest BCUT2D eigenvalue weighted by atomic mass is 79.9. The van der Waals surface area contributed by atoms with Gasteiger partial charge in [0.15, 0.2) is 5.75 Å². The molecule has 1 unspecified atom stereocenters. The van der Waals surface area contributed by atoms with E-state index in [1.165, 1.54) is 11.1 Å². The zero-order valence-corrected chi connectivity index (χ0v) is 12.2. The van der Waals surface area contributed by atoms with Crippen molar-refractivity contribution >= 4 is 15.9 Å². The van der Waals surface area contributed by atoms with Gasteiger partial charge in [0.2, 0.25) is 0 Å². The Morgan fingerprint density at radius 2 is 2.32 bits per heavy atom. The zero-order valence-electron chi connectivity index (χ0n) is 10.6. The zero-order chi connectivity index (χ0) is 13.2. The topological polar surface area (TPSA) is 31.4 Å². The Balaban J connectivity index is 1.63. The largest absolute Gasteiger partial charge is 0.487 e. The van der Waals surface area contributed by atoms with Crippen LogP contribution in [-0.2, 0) is 6.42 Å². The molecule has 2 aromatic rings. The molecule has 1 atom stereocenters. The number of aromatic nitrogens is 1. The van der Waals surface area contributed by atoms with Crippen molar-refractivity contribution in [3.63, 3.8) is 0 Å². The first kappa shape index (κ1) is 12.5. The van der Waals surface area contributed by atoms with Crippen molar-refractivity contribution in [2.24, 2.45) is 0 Å². The van der Waals surface area contributed by atoms with E-state index in [0.717, 1.165) is 22.5 Å². The maximum atomic E-state index is 5.86. The summed E-state index contributed by atoms with van der Waals surface area (Å²) < 4.78 is 12.3. The van der Waals surface area contributed by atoms with Crippen molar-refractivity contribution in [3.8, 4) is 11.5 Å². The summed E-state index contributed by atoms with van der Waals surface area (Å²) in [5, 5.41) is 0. The lowest BCUT2D eigenvalue weighted by Gasteiger charge is -2.12. The van der Waals surface area contributed by atoms with Crippen molar-refractivity contribution in [3.05, 3.63) is 52.3 Å². The van der Waals surface area contributed by atoms with Crippen LogP contribution in [0.5, 0.6) is 11.5 Å². The Kier molecular flexibility index (Phi) is 3.42. The Hall–Kier alpha value is -1.55. The Morgan fingerprint density at radius 1 is 1.42 bits per heavy atom. The van der Waals surface area contributed by atoms with Crippen LogP contribution in [0.2, 0.25) is 0 Å². The van der Waals surface area contributed by atoms with Gasteiger partial charge >= 0.3 is 0 Å². The van der Waals surface area contributed by atoms with Gasteiger partial charge in [0.1, 0.15) is 23.1 Å². The molecule has 3 nitrogen and oxygen atoms in total. The average Bonchev–Trinajstić information content (AvgIpc) is 2.79. The van der Waals surface area contributed by atoms with Crippen LogP contribution in [0.15, 0.2) is 41.1 Å². The number of ether oxygens (including phenoxy) is 2. The van der Waals surface area contributed by atoms with Gasteiger partial charge in [-0.3, -0.25) is 0 Å². The second-order valence-electron chi connectivity index (χ2n) is 4.66. The van der Waals surface area contributed by atoms with E-state index in [9.17, 15) is 0 Å². The molecule has 3 rings (SSSR count). The van der Waals surface area contributed by atoms with Crippen LogP contribution >= 0.6 is 15.9 Å². The normalized spacial score (nSPS) is 16.8. The summed E-state index contributed by atoms with van der Waals surface area (Å²) in [6, 6.07) is 10.0. The molecule has 0 saturated heterocycles. The molecule has 0 radical (unpaired) electrons. The van der Waals surface area contributed by atoms with Crippen LogP contribution in [-0.4, -0.2) is 17.7 Å². The average molecular weight is 320 g/mol. The lowest BCUT2D eigenvalue weighted by atomic mass is 10.1. The number of aryl methyl sites for hydroxylation is 1. The second-order valence-corrected chi connectivity index (χ2v) is 5.41. The minimum atomic E-state index is 0.0731. The SMILES string of the molecule is Cc1ccc2c(c1)CC(COc1cccnc1Br)O2. The molecule has 0 spiro atoms. The molecular formula is C15H14BrNO2. The molecule has 0 aliphatic carbocycles. The minimum Gasteiger partial charge on any atom is -0.487 e. The van der Waals surface area contributed by atoms with Gasteiger partial charge in [0, 0.05) is 12.6 Å². The first-order chi connectivity index (χ1) is 9.22. The van der Waals surface area contributed by atoms with Gasteiger partial charge < -0.3 is 9.47 Å². The summed E-state index contributed by atoms with van der Waals surface area (Å²) in [4.78, 5) is 4.13. The summed E-state index contributed by atoms with van der Waals surface area (Å²) in [6.07, 6.45) is 2.69. The van der Waals surface area contributed by atoms with Crippen LogP contribution in [0, 0.1) is 6.92 Å². The Labute approximate surface area is 120 Å². The Bertz CT molecular complexity index is 600. The van der Waals surface area contributed by atoms with Gasteiger partial charge in [0.05, 0.1) is 0 Å². The monoisotopic (exact) mass is 319 g/mol. The molecule has 0 bridgehead atoms. The third-order valence-electron chi connectivity index (χ3n) is 3.11. The van der Waals surface area contributed by atoms with Crippen molar-refractivity contribution < 1.29 is 9.47 Å². The predicted octanol–water partition coefficient (Wildman–Crippen LogP) is 3.54. The number of hydrogen-bond donors (Lipinski definition) is 0. The maximum Gasteiger partial charge on any atom is 0.152 e. The molecule has 0 amide bonds. The van der Waals surface area contributed by atoms with Gasteiger partial charge in [-0.1, -0.05) is 17.7 Å². The number of halogens is 1. The van der Waals surface area contributed by atoms with E-state index in [1.54, 1.807) is 6.20 Å². The first-order valence-corrected chi connectivity index (χ1v) is 7.01. The predicted molar refractivity (Wildman–Crippen MR) is 76.7 cm³/mol. The molecule has 0 saturated carbocycles. The molecule has 2 heterocycles. The molecule has 1 aromatic carbocycles. The van der Waals surface area contributed by atoms with Crippen LogP contribution < -0.4 is 9.47 Å². The summed E-state index contributed by atoms with van der Waals surface area (Å²) in [6.45, 7) is 2.62. The summed E-state index contributed by atoms with van der Waals surface area (Å²) in [5.74, 6) is 1.72. The highest BCUT2D eigenvalue weighted by Crippen LogP contribution is 2.30. The smallest absolute Gasteiger partial charge is 0.152 e. The summed E-state index contributed by atoms with van der Waals surface area (Å²) in [7, 11) is 0. The number of fused-ring (bicyclic) bond motifs is 1. The second kappa shape index (κ2) is 5.21. The van der Waals surface area contributed by atoms with Crippen molar-refractivity contribution in [1.82, 2.24) is 4.98 Å². The first-order valence-electron chi connectivity index (χ1n) is 6.22. The quantitative estimate of drug-likeness (QED) is 0.811. The Morgan fingerprint density at radius 3 is 3.16 bits per heavy atom. The molecule has 1 aromatic heterocycles. The van der Waals surface area contributed by atoms with Gasteiger partial charge in [-0.2, -0.15) is 0 Å². The standard InChI is InChI=1S/C15H14BrNO2/c1-10-4-5-13-11(7-10)8-12(19-13)9-18-14-3-2-6-17-15(14)16/h2-7,12H,8-9H2,1H3. The third kappa shape index (κ3) is 2.73. The molecular weight excluding hydrogens is 306 g/mol. The van der Waals surface area contributed by atoms with Gasteiger partial charge in [-0.15, -0.1) is 0 Å². The highest BCUT2D eigenvalue weighted by Gasteiger charge is 2.23. The molecule has 0 N–H and O–H groups in total. The van der Waals surface area contributed by atoms with E-state index in [4.69, 9.17) is 9.47 Å². The molecule has 1 aliphatic heterocycles. The van der Waals surface area contributed by atoms with Gasteiger partial charge in [-0.25, -0.2) is 4.98 Å². The van der Waals surface area contributed by atoms with Gasteiger partial charge in [0.25, 0.3) is 0 Å². The fourth-order valence-corrected chi connectivity index (χ4v) is 2.57. The number of benzene rings is 1. The van der Waals surface area contributed by atoms with Crippen LogP contribution in [0.25, 0.3) is 0 Å². The van der Waals surface area contributed by atoms with Crippen molar-refractivity contribution in [1.29, 1.82) is 0 Å². The lowest BCUT2D eigenvalue weighted by Crippen LogP contribution is -2.22. The molecule has 0 fully saturated rings. The molecule has 98 valence electrons. The van der Waals surface area contributed by atoms with Crippen LogP contribution in [0.1, 0.15) is 11.1 Å². The molecule has 19 heavy (non-hydrogen) atoms. The summed E-state index contributed by atoms with van der Waals surface area (Å²) in [5.41, 5.74) is 2.53. The van der Waals surface area contributed by atoms with E-state index < -0.39 is 0 Å². The van der Waals surface area contributed by atoms with Crippen LogP contribution in [0.4, 0.5) is 0 Å². The van der Waals surface area contributed by atoms with Crippen molar-refractivity contribution in [2.75, 3.05) is 6.61 Å². The van der Waals surface area contributed by atoms with E-state index in [1.807, 2.05) is 18.2 Å². The maximum absolute atomic E-state index is 5.86. The number of rotatable bonds is 3. The van der Waals surface area contributed by atoms with E-state index >= 15 is 0 Å². The molecule has 4 heteroatoms. The van der Waals surface area contributed by atoms with E-state index in [2.05, 4.69) is 40.0 Å². The highest BCUT2D eigenvalue weighted by molar-refractivity contribution is 9.10. The number of nitrogens with zero attached hydrogens (tertiary/aromatic N) is 1. The lowest BCUT2D eigenvalue weighted by molar-refractivity contribution is 0.147. The fourth-order valence-electron chi connectivity index (χ4n) is 2.20. The summed E-state index contributed by atoms with van der Waals surface area (Å²) >= 11 is 3.37. The van der Waals surface area contributed by atoms with Gasteiger partial charge in [-0.05, 0) is 46.6 Å². The molecule has 1 aliphatic rings. The third-order valence-corrected chi connectivity index (χ3v) is 3.70. The number of hydrogen-bond acceptors (Lipinski definition) is 3.